The Kier molecular flexibility index (Phi) is 6.32. The van der Waals surface area contributed by atoms with E-state index < -0.39 is 11.7 Å². The first kappa shape index (κ1) is 22.1. The molecule has 0 atom stereocenters. The number of fused-ring (bicyclic) bond motifs is 1. The van der Waals surface area contributed by atoms with Crippen molar-refractivity contribution in [2.75, 3.05) is 13.2 Å². The van der Waals surface area contributed by atoms with Gasteiger partial charge < -0.3 is 9.72 Å². The SMILES string of the molecule is CCCOc1ccc(CN2CCc3nc(-c4ccc(C(F)(F)F)cc4)[nH]c(=O)c3C2)cc1. The Morgan fingerprint density at radius 2 is 1.81 bits per heavy atom. The maximum Gasteiger partial charge on any atom is 0.416 e. The Balaban J connectivity index is 1.47. The van der Waals surface area contributed by atoms with Crippen LogP contribution in [0, 0.1) is 0 Å². The van der Waals surface area contributed by atoms with Crippen LogP contribution in [0.2, 0.25) is 0 Å². The van der Waals surface area contributed by atoms with Gasteiger partial charge in [0.1, 0.15) is 11.6 Å². The van der Waals surface area contributed by atoms with Crippen LogP contribution in [-0.2, 0) is 25.7 Å². The highest BCUT2D eigenvalue weighted by Crippen LogP contribution is 2.30. The molecule has 1 aliphatic heterocycles. The molecule has 32 heavy (non-hydrogen) atoms. The number of halogens is 3. The molecule has 0 fully saturated rings. The van der Waals surface area contributed by atoms with Gasteiger partial charge in [-0.25, -0.2) is 4.98 Å². The average Bonchev–Trinajstić information content (AvgIpc) is 2.78. The van der Waals surface area contributed by atoms with E-state index in [-0.39, 0.29) is 5.56 Å². The Morgan fingerprint density at radius 1 is 1.09 bits per heavy atom. The van der Waals surface area contributed by atoms with Crippen LogP contribution in [0.4, 0.5) is 13.2 Å². The molecule has 0 unspecified atom stereocenters. The number of alkyl halides is 3. The van der Waals surface area contributed by atoms with E-state index in [0.29, 0.717) is 48.8 Å². The van der Waals surface area contributed by atoms with Crippen LogP contribution >= 0.6 is 0 Å². The number of ether oxygens (including phenoxy) is 1. The zero-order valence-electron chi connectivity index (χ0n) is 17.7. The highest BCUT2D eigenvalue weighted by molar-refractivity contribution is 5.56. The first-order valence-corrected chi connectivity index (χ1v) is 10.6. The van der Waals surface area contributed by atoms with Crippen LogP contribution in [0.25, 0.3) is 11.4 Å². The van der Waals surface area contributed by atoms with Gasteiger partial charge in [0, 0.05) is 31.6 Å². The van der Waals surface area contributed by atoms with Crippen LogP contribution in [0.3, 0.4) is 0 Å². The van der Waals surface area contributed by atoms with Crippen LogP contribution in [0.5, 0.6) is 5.75 Å². The zero-order chi connectivity index (χ0) is 22.7. The zero-order valence-corrected chi connectivity index (χ0v) is 17.7. The largest absolute Gasteiger partial charge is 0.494 e. The minimum Gasteiger partial charge on any atom is -0.494 e. The molecule has 3 aromatic rings. The Bertz CT molecular complexity index is 1120. The van der Waals surface area contributed by atoms with Gasteiger partial charge in [-0.1, -0.05) is 31.2 Å². The normalized spacial score (nSPS) is 14.2. The third kappa shape index (κ3) is 5.02. The van der Waals surface area contributed by atoms with Gasteiger partial charge in [0.05, 0.1) is 23.4 Å². The summed E-state index contributed by atoms with van der Waals surface area (Å²) in [7, 11) is 0. The lowest BCUT2D eigenvalue weighted by molar-refractivity contribution is -0.137. The maximum atomic E-state index is 12.8. The summed E-state index contributed by atoms with van der Waals surface area (Å²) >= 11 is 0. The lowest BCUT2D eigenvalue weighted by Gasteiger charge is -2.27. The van der Waals surface area contributed by atoms with Gasteiger partial charge in [0.25, 0.3) is 5.56 Å². The molecular formula is C24H24F3N3O2. The summed E-state index contributed by atoms with van der Waals surface area (Å²) in [5.74, 6) is 1.13. The standard InChI is InChI=1S/C24H24F3N3O2/c1-2-13-32-19-9-3-16(4-10-19)14-30-12-11-21-20(15-30)23(31)29-22(28-21)17-5-7-18(8-6-17)24(25,26)27/h3-10H,2,11-15H2,1H3,(H,28,29,31). The van der Waals surface area contributed by atoms with Gasteiger partial charge in [0.2, 0.25) is 0 Å². The third-order valence-corrected chi connectivity index (χ3v) is 5.44. The number of benzene rings is 2. The summed E-state index contributed by atoms with van der Waals surface area (Å²) in [4.78, 5) is 22.2. The number of rotatable bonds is 6. The molecule has 2 heterocycles. The minimum absolute atomic E-state index is 0.252. The Labute approximate surface area is 183 Å². The molecule has 168 valence electrons. The fraction of sp³-hybridized carbons (Fsp3) is 0.333. The molecule has 1 aromatic heterocycles. The summed E-state index contributed by atoms with van der Waals surface area (Å²) < 4.78 is 44.0. The van der Waals surface area contributed by atoms with Crippen molar-refractivity contribution in [3.05, 3.63) is 81.3 Å². The summed E-state index contributed by atoms with van der Waals surface area (Å²) in [5.41, 5.74) is 1.90. The molecule has 0 saturated heterocycles. The van der Waals surface area contributed by atoms with Crippen molar-refractivity contribution >= 4 is 0 Å². The predicted molar refractivity (Wildman–Crippen MR) is 115 cm³/mol. The molecule has 4 rings (SSSR count). The second-order valence-electron chi connectivity index (χ2n) is 7.87. The van der Waals surface area contributed by atoms with Crippen molar-refractivity contribution in [2.24, 2.45) is 0 Å². The van der Waals surface area contributed by atoms with Crippen molar-refractivity contribution in [1.82, 2.24) is 14.9 Å². The summed E-state index contributed by atoms with van der Waals surface area (Å²) in [6.07, 6.45) is -2.84. The van der Waals surface area contributed by atoms with E-state index in [1.54, 1.807) is 0 Å². The number of hydrogen-bond donors (Lipinski definition) is 1. The number of hydrogen-bond acceptors (Lipinski definition) is 4. The Hall–Kier alpha value is -3.13. The van der Waals surface area contributed by atoms with E-state index in [1.807, 2.05) is 24.3 Å². The highest BCUT2D eigenvalue weighted by Gasteiger charge is 2.30. The van der Waals surface area contributed by atoms with E-state index in [2.05, 4.69) is 21.8 Å². The maximum absolute atomic E-state index is 12.8. The molecular weight excluding hydrogens is 419 g/mol. The first-order valence-electron chi connectivity index (χ1n) is 10.6. The monoisotopic (exact) mass is 443 g/mol. The van der Waals surface area contributed by atoms with E-state index in [9.17, 15) is 18.0 Å². The number of aromatic nitrogens is 2. The van der Waals surface area contributed by atoms with Gasteiger partial charge in [-0.15, -0.1) is 0 Å². The molecule has 0 bridgehead atoms. The van der Waals surface area contributed by atoms with Crippen molar-refractivity contribution < 1.29 is 17.9 Å². The van der Waals surface area contributed by atoms with Crippen molar-refractivity contribution in [2.45, 2.75) is 39.0 Å². The summed E-state index contributed by atoms with van der Waals surface area (Å²) in [5, 5.41) is 0. The topological polar surface area (TPSA) is 58.2 Å². The summed E-state index contributed by atoms with van der Waals surface area (Å²) in [6, 6.07) is 12.6. The van der Waals surface area contributed by atoms with Gasteiger partial charge in [0.15, 0.2) is 0 Å². The lowest BCUT2D eigenvalue weighted by atomic mass is 10.0. The summed E-state index contributed by atoms with van der Waals surface area (Å²) in [6.45, 7) is 4.66. The minimum atomic E-state index is -4.40. The first-order chi connectivity index (χ1) is 15.3. The molecule has 0 saturated carbocycles. The smallest absolute Gasteiger partial charge is 0.416 e. The molecule has 1 N–H and O–H groups in total. The molecule has 0 aliphatic carbocycles. The van der Waals surface area contributed by atoms with Gasteiger partial charge in [-0.3, -0.25) is 9.69 Å². The Morgan fingerprint density at radius 3 is 2.47 bits per heavy atom. The number of H-pyrrole nitrogens is 1. The van der Waals surface area contributed by atoms with Crippen molar-refractivity contribution in [1.29, 1.82) is 0 Å². The number of aromatic amines is 1. The lowest BCUT2D eigenvalue weighted by Crippen LogP contribution is -2.35. The molecule has 2 aromatic carbocycles. The van der Waals surface area contributed by atoms with Gasteiger partial charge in [-0.05, 0) is 36.2 Å². The molecule has 0 spiro atoms. The van der Waals surface area contributed by atoms with E-state index in [1.165, 1.54) is 12.1 Å². The van der Waals surface area contributed by atoms with E-state index in [0.717, 1.165) is 36.4 Å². The fourth-order valence-corrected chi connectivity index (χ4v) is 3.74. The molecule has 5 nitrogen and oxygen atoms in total. The fourth-order valence-electron chi connectivity index (χ4n) is 3.74. The number of nitrogens with one attached hydrogen (secondary N) is 1. The van der Waals surface area contributed by atoms with Crippen LogP contribution < -0.4 is 10.3 Å². The predicted octanol–water partition coefficient (Wildman–Crippen LogP) is 4.80. The van der Waals surface area contributed by atoms with Crippen molar-refractivity contribution in [3.8, 4) is 17.1 Å². The van der Waals surface area contributed by atoms with E-state index >= 15 is 0 Å². The van der Waals surface area contributed by atoms with Crippen molar-refractivity contribution in [3.63, 3.8) is 0 Å². The van der Waals surface area contributed by atoms with E-state index in [4.69, 9.17) is 4.74 Å². The van der Waals surface area contributed by atoms with Crippen LogP contribution in [0.15, 0.2) is 53.3 Å². The average molecular weight is 443 g/mol. The molecule has 0 amide bonds. The second kappa shape index (κ2) is 9.16. The van der Waals surface area contributed by atoms with Gasteiger partial charge in [-0.2, -0.15) is 13.2 Å². The molecule has 8 heteroatoms. The highest BCUT2D eigenvalue weighted by atomic mass is 19.4. The quantitative estimate of drug-likeness (QED) is 0.595. The second-order valence-corrected chi connectivity index (χ2v) is 7.87. The van der Waals surface area contributed by atoms with Gasteiger partial charge >= 0.3 is 6.18 Å². The third-order valence-electron chi connectivity index (χ3n) is 5.44. The van der Waals surface area contributed by atoms with Crippen LogP contribution in [0.1, 0.15) is 35.7 Å². The molecule has 0 radical (unpaired) electrons. The number of nitrogens with zero attached hydrogens (tertiary/aromatic N) is 2. The van der Waals surface area contributed by atoms with Crippen LogP contribution in [-0.4, -0.2) is 28.0 Å². The molecule has 1 aliphatic rings.